The summed E-state index contributed by atoms with van der Waals surface area (Å²) in [5.41, 5.74) is 6.53. The average molecular weight is 467 g/mol. The minimum Gasteiger partial charge on any atom is -0.444 e. The summed E-state index contributed by atoms with van der Waals surface area (Å²) in [6.07, 6.45) is 2.32. The van der Waals surface area contributed by atoms with Crippen molar-refractivity contribution >= 4 is 29.2 Å². The van der Waals surface area contributed by atoms with Crippen molar-refractivity contribution in [2.24, 2.45) is 17.8 Å². The first-order valence-electron chi connectivity index (χ1n) is 11.9. The molecule has 2 N–H and O–H groups in total. The quantitative estimate of drug-likeness (QED) is 0.725. The van der Waals surface area contributed by atoms with Gasteiger partial charge in [-0.1, -0.05) is 25.4 Å². The van der Waals surface area contributed by atoms with Crippen LogP contribution in [0.1, 0.15) is 47.5 Å². The molecule has 1 aromatic heterocycles. The Morgan fingerprint density at radius 1 is 1.12 bits per heavy atom. The molecule has 2 saturated heterocycles. The number of piperazine rings is 1. The van der Waals surface area contributed by atoms with E-state index in [1.807, 2.05) is 45.6 Å². The Morgan fingerprint density at radius 3 is 2.28 bits per heavy atom. The van der Waals surface area contributed by atoms with Crippen molar-refractivity contribution in [2.75, 3.05) is 56.4 Å². The van der Waals surface area contributed by atoms with Gasteiger partial charge in [0, 0.05) is 51.9 Å². The molecule has 32 heavy (non-hydrogen) atoms. The molecule has 9 heteroatoms. The predicted octanol–water partition coefficient (Wildman–Crippen LogP) is 3.75. The molecule has 0 aromatic carbocycles. The highest BCUT2D eigenvalue weighted by molar-refractivity contribution is 6.29. The molecule has 3 fully saturated rings. The lowest BCUT2D eigenvalue weighted by molar-refractivity contribution is 0.0117. The van der Waals surface area contributed by atoms with Gasteiger partial charge in [-0.05, 0) is 51.4 Å². The van der Waals surface area contributed by atoms with Gasteiger partial charge >= 0.3 is 6.09 Å². The van der Waals surface area contributed by atoms with Gasteiger partial charge in [0.15, 0.2) is 11.0 Å². The van der Waals surface area contributed by atoms with E-state index in [1.165, 1.54) is 12.8 Å². The lowest BCUT2D eigenvalue weighted by Crippen LogP contribution is -2.53. The number of halogens is 1. The van der Waals surface area contributed by atoms with Crippen LogP contribution in [-0.2, 0) is 4.74 Å². The van der Waals surface area contributed by atoms with Crippen molar-refractivity contribution in [3.8, 4) is 0 Å². The van der Waals surface area contributed by atoms with E-state index in [2.05, 4.69) is 20.0 Å². The topological polar surface area (TPSA) is 87.8 Å². The lowest BCUT2D eigenvalue weighted by Gasteiger charge is -2.43. The number of anilines is 2. The summed E-state index contributed by atoms with van der Waals surface area (Å²) in [5.74, 6) is 2.45. The van der Waals surface area contributed by atoms with Crippen LogP contribution in [0.2, 0.25) is 5.15 Å². The van der Waals surface area contributed by atoms with Crippen LogP contribution in [0.15, 0.2) is 6.07 Å². The largest absolute Gasteiger partial charge is 0.444 e. The van der Waals surface area contributed by atoms with Crippen LogP contribution in [0.25, 0.3) is 0 Å². The number of nitrogen functional groups attached to an aromatic ring is 1. The van der Waals surface area contributed by atoms with Gasteiger partial charge < -0.3 is 20.3 Å². The predicted molar refractivity (Wildman–Crippen MR) is 129 cm³/mol. The van der Waals surface area contributed by atoms with Gasteiger partial charge in [-0.25, -0.2) is 4.79 Å². The second-order valence-electron chi connectivity index (χ2n) is 9.87. The van der Waals surface area contributed by atoms with E-state index in [1.54, 1.807) is 0 Å². The van der Waals surface area contributed by atoms with Crippen molar-refractivity contribution in [3.63, 3.8) is 0 Å². The zero-order chi connectivity index (χ0) is 23.5. The van der Waals surface area contributed by atoms with Crippen LogP contribution in [0.3, 0.4) is 0 Å². The number of ether oxygens (including phenoxy) is 1. The third kappa shape index (κ3) is 5.95. The number of aromatic nitrogens is 2. The van der Waals surface area contributed by atoms with E-state index < -0.39 is 5.60 Å². The number of hydrogen-bond donors (Lipinski definition) is 1. The standard InChI is InChI=1S/C21H33ClN6O2.C2H6/c1-21(2,3)30-20(29)27-8-6-26(7-9-27)13-16-14-4-5-15(16)12-28(11-14)17-10-18(22)24-25-19(17)23;1-2/h10,14-16H,4-9,11-13H2,1-3H3,(H2,23,25);1-2H3. The molecule has 1 saturated carbocycles. The zero-order valence-corrected chi connectivity index (χ0v) is 20.9. The fourth-order valence-corrected chi connectivity index (χ4v) is 5.33. The average Bonchev–Trinajstić information content (AvgIpc) is 2.97. The van der Waals surface area contributed by atoms with Crippen molar-refractivity contribution in [2.45, 2.75) is 53.1 Å². The minimum atomic E-state index is -0.445. The number of piperidine rings is 1. The van der Waals surface area contributed by atoms with Gasteiger partial charge in [-0.15, -0.1) is 10.2 Å². The smallest absolute Gasteiger partial charge is 0.410 e. The van der Waals surface area contributed by atoms with Crippen LogP contribution < -0.4 is 10.6 Å². The molecule has 4 rings (SSSR count). The summed E-state index contributed by atoms with van der Waals surface area (Å²) in [6, 6.07) is 1.83. The van der Waals surface area contributed by atoms with E-state index in [-0.39, 0.29) is 6.09 Å². The third-order valence-electron chi connectivity index (χ3n) is 6.63. The van der Waals surface area contributed by atoms with Crippen molar-refractivity contribution in [1.82, 2.24) is 20.0 Å². The van der Waals surface area contributed by atoms with Gasteiger partial charge in [-0.3, -0.25) is 4.90 Å². The Kier molecular flexibility index (Phi) is 8.09. The maximum atomic E-state index is 12.3. The summed E-state index contributed by atoms with van der Waals surface area (Å²) in [4.78, 5) is 19.0. The van der Waals surface area contributed by atoms with Crippen LogP contribution in [0, 0.1) is 17.8 Å². The monoisotopic (exact) mass is 466 g/mol. The Bertz CT molecular complexity index is 764. The van der Waals surface area contributed by atoms with Gasteiger partial charge in [0.2, 0.25) is 0 Å². The lowest BCUT2D eigenvalue weighted by atomic mass is 9.84. The number of carbonyl (C=O) groups is 1. The highest BCUT2D eigenvalue weighted by Gasteiger charge is 2.43. The van der Waals surface area contributed by atoms with Gasteiger partial charge in [0.25, 0.3) is 0 Å². The Morgan fingerprint density at radius 2 is 1.72 bits per heavy atom. The van der Waals surface area contributed by atoms with Crippen LogP contribution in [0.5, 0.6) is 0 Å². The maximum absolute atomic E-state index is 12.3. The molecule has 2 bridgehead atoms. The molecule has 2 aliphatic heterocycles. The molecule has 2 atom stereocenters. The van der Waals surface area contributed by atoms with E-state index in [9.17, 15) is 4.79 Å². The second kappa shape index (κ2) is 10.4. The molecule has 1 amide bonds. The Balaban J connectivity index is 0.00000141. The van der Waals surface area contributed by atoms with E-state index in [0.717, 1.165) is 51.5 Å². The molecular weight excluding hydrogens is 428 g/mol. The summed E-state index contributed by atoms with van der Waals surface area (Å²) in [6.45, 7) is 16.1. The van der Waals surface area contributed by atoms with E-state index in [0.29, 0.717) is 28.7 Å². The van der Waals surface area contributed by atoms with Gasteiger partial charge in [0.1, 0.15) is 5.60 Å². The van der Waals surface area contributed by atoms with Crippen LogP contribution >= 0.6 is 11.6 Å². The number of nitrogens with two attached hydrogens (primary N) is 1. The molecule has 1 aromatic rings. The van der Waals surface area contributed by atoms with E-state index in [4.69, 9.17) is 22.1 Å². The molecular formula is C23H39ClN6O2. The van der Waals surface area contributed by atoms with Crippen molar-refractivity contribution in [1.29, 1.82) is 0 Å². The fourth-order valence-electron chi connectivity index (χ4n) is 5.19. The molecule has 3 heterocycles. The Labute approximate surface area is 197 Å². The molecule has 8 nitrogen and oxygen atoms in total. The summed E-state index contributed by atoms with van der Waals surface area (Å²) < 4.78 is 5.51. The fraction of sp³-hybridized carbons (Fsp3) is 0.783. The SMILES string of the molecule is CC.CC(C)(C)OC(=O)N1CCN(CC2C3CCC2CN(c2cc(Cl)nnc2N)C3)CC1. The van der Waals surface area contributed by atoms with Gasteiger partial charge in [-0.2, -0.15) is 0 Å². The second-order valence-corrected chi connectivity index (χ2v) is 10.3. The number of rotatable bonds is 3. The van der Waals surface area contributed by atoms with Crippen LogP contribution in [-0.4, -0.2) is 77.5 Å². The number of amides is 1. The normalized spacial score (nSPS) is 25.9. The molecule has 3 aliphatic rings. The van der Waals surface area contributed by atoms with E-state index >= 15 is 0 Å². The number of fused-ring (bicyclic) bond motifs is 2. The first-order chi connectivity index (χ1) is 15.2. The summed E-state index contributed by atoms with van der Waals surface area (Å²) in [5, 5.41) is 8.21. The number of nitrogens with zero attached hydrogens (tertiary/aromatic N) is 5. The highest BCUT2D eigenvalue weighted by atomic mass is 35.5. The maximum Gasteiger partial charge on any atom is 0.410 e. The minimum absolute atomic E-state index is 0.197. The first kappa shape index (κ1) is 24.8. The molecule has 1 aliphatic carbocycles. The highest BCUT2D eigenvalue weighted by Crippen LogP contribution is 2.44. The molecule has 2 unspecified atom stereocenters. The third-order valence-corrected chi connectivity index (χ3v) is 6.82. The van der Waals surface area contributed by atoms with Crippen molar-refractivity contribution in [3.05, 3.63) is 11.2 Å². The zero-order valence-electron chi connectivity index (χ0n) is 20.2. The summed E-state index contributed by atoms with van der Waals surface area (Å²) in [7, 11) is 0. The first-order valence-corrected chi connectivity index (χ1v) is 12.3. The van der Waals surface area contributed by atoms with Gasteiger partial charge in [0.05, 0.1) is 5.69 Å². The number of carbonyl (C=O) groups excluding carboxylic acids is 1. The molecule has 0 spiro atoms. The van der Waals surface area contributed by atoms with Crippen molar-refractivity contribution < 1.29 is 9.53 Å². The molecule has 180 valence electrons. The molecule has 0 radical (unpaired) electrons. The van der Waals surface area contributed by atoms with Crippen LogP contribution in [0.4, 0.5) is 16.3 Å². The summed E-state index contributed by atoms with van der Waals surface area (Å²) >= 11 is 6.05. The number of hydrogen-bond acceptors (Lipinski definition) is 7. The Hall–Kier alpha value is -1.80.